The van der Waals surface area contributed by atoms with Crippen LogP contribution in [-0.4, -0.2) is 4.57 Å². The minimum absolute atomic E-state index is 1.10. The number of aromatic nitrogens is 1. The Morgan fingerprint density at radius 3 is 0.953 bits per heavy atom. The first kappa shape index (κ1) is 37.3. The lowest BCUT2D eigenvalue weighted by atomic mass is 9.85. The number of para-hydroxylation sites is 3. The van der Waals surface area contributed by atoms with Gasteiger partial charge in [-0.15, -0.1) is 0 Å². The van der Waals surface area contributed by atoms with Gasteiger partial charge in [0.25, 0.3) is 0 Å². The Bertz CT molecular complexity index is 3500. The van der Waals surface area contributed by atoms with Crippen molar-refractivity contribution in [2.45, 2.75) is 0 Å². The standard InChI is InChI=1S/C62H42N2/c1-3-15-43(16-4-1)44-27-31-47(32-28-44)61-55-21-7-9-23-57(55)62(58-24-10-8-22-56(58)61)48-33-29-45(30-34-48)46-35-37-50(38-36-46)63(49-17-5-2-6-18-49)51-39-41-52(42-40-51)64-59-25-13-11-19-53(59)54-20-12-14-26-60(54)64/h1-42H. The Labute approximate surface area is 373 Å². The number of hydrogen-bond donors (Lipinski definition) is 0. The summed E-state index contributed by atoms with van der Waals surface area (Å²) in [6, 6.07) is 92.4. The summed E-state index contributed by atoms with van der Waals surface area (Å²) in [6.07, 6.45) is 0. The van der Waals surface area contributed by atoms with Gasteiger partial charge in [-0.1, -0.05) is 194 Å². The molecule has 0 atom stereocenters. The van der Waals surface area contributed by atoms with E-state index in [1.54, 1.807) is 0 Å². The van der Waals surface area contributed by atoms with Crippen LogP contribution in [0.2, 0.25) is 0 Å². The number of anilines is 3. The summed E-state index contributed by atoms with van der Waals surface area (Å²) >= 11 is 0. The summed E-state index contributed by atoms with van der Waals surface area (Å²) in [5.74, 6) is 0. The molecule has 0 spiro atoms. The number of nitrogens with zero attached hydrogens (tertiary/aromatic N) is 2. The average molecular weight is 815 g/mol. The van der Waals surface area contributed by atoms with Gasteiger partial charge < -0.3 is 9.47 Å². The van der Waals surface area contributed by atoms with Crippen molar-refractivity contribution in [2.75, 3.05) is 4.90 Å². The third kappa shape index (κ3) is 6.44. The zero-order chi connectivity index (χ0) is 42.4. The first-order chi connectivity index (χ1) is 31.8. The van der Waals surface area contributed by atoms with Crippen molar-refractivity contribution in [2.24, 2.45) is 0 Å². The van der Waals surface area contributed by atoms with Gasteiger partial charge in [0.15, 0.2) is 0 Å². The van der Waals surface area contributed by atoms with Gasteiger partial charge in [-0.2, -0.15) is 0 Å². The Morgan fingerprint density at radius 1 is 0.219 bits per heavy atom. The summed E-state index contributed by atoms with van der Waals surface area (Å²) in [6.45, 7) is 0. The fourth-order valence-corrected chi connectivity index (χ4v) is 9.82. The predicted octanol–water partition coefficient (Wildman–Crippen LogP) is 17.2. The van der Waals surface area contributed by atoms with E-state index in [9.17, 15) is 0 Å². The zero-order valence-corrected chi connectivity index (χ0v) is 35.1. The number of hydrogen-bond acceptors (Lipinski definition) is 1. The van der Waals surface area contributed by atoms with E-state index in [1.165, 1.54) is 87.9 Å². The van der Waals surface area contributed by atoms with Gasteiger partial charge in [-0.3, -0.25) is 0 Å². The Morgan fingerprint density at radius 2 is 0.516 bits per heavy atom. The van der Waals surface area contributed by atoms with Crippen LogP contribution in [0.5, 0.6) is 0 Å². The molecule has 1 aromatic heterocycles. The van der Waals surface area contributed by atoms with E-state index in [-0.39, 0.29) is 0 Å². The molecular weight excluding hydrogens is 773 g/mol. The second-order valence-corrected chi connectivity index (χ2v) is 16.5. The van der Waals surface area contributed by atoms with Crippen molar-refractivity contribution in [3.8, 4) is 50.2 Å². The molecule has 0 saturated heterocycles. The second-order valence-electron chi connectivity index (χ2n) is 16.5. The van der Waals surface area contributed by atoms with Gasteiger partial charge in [0.1, 0.15) is 0 Å². The van der Waals surface area contributed by atoms with E-state index >= 15 is 0 Å². The SMILES string of the molecule is c1ccc(-c2ccc(-c3c4ccccc4c(-c4ccc(-c5ccc(N(c6ccccc6)c6ccc(-n7c8ccccc8c8ccccc87)cc6)cc5)cc4)c4ccccc34)cc2)cc1. The maximum Gasteiger partial charge on any atom is 0.0541 e. The molecule has 1 heterocycles. The van der Waals surface area contributed by atoms with E-state index in [0.717, 1.165) is 22.7 Å². The number of benzene rings is 11. The molecular formula is C62H42N2. The molecule has 0 saturated carbocycles. The molecule has 0 bridgehead atoms. The first-order valence-electron chi connectivity index (χ1n) is 22.0. The summed E-state index contributed by atoms with van der Waals surface area (Å²) < 4.78 is 2.37. The van der Waals surface area contributed by atoms with Gasteiger partial charge in [-0.25, -0.2) is 0 Å². The molecule has 0 aliphatic heterocycles. The van der Waals surface area contributed by atoms with Crippen molar-refractivity contribution < 1.29 is 0 Å². The third-order valence-electron chi connectivity index (χ3n) is 12.8. The zero-order valence-electron chi connectivity index (χ0n) is 35.1. The largest absolute Gasteiger partial charge is 0.311 e. The molecule has 0 aliphatic carbocycles. The van der Waals surface area contributed by atoms with Crippen molar-refractivity contribution >= 4 is 60.4 Å². The number of rotatable bonds is 8. The molecule has 0 N–H and O–H groups in total. The molecule has 0 unspecified atom stereocenters. The van der Waals surface area contributed by atoms with Gasteiger partial charge in [-0.05, 0) is 127 Å². The van der Waals surface area contributed by atoms with E-state index in [2.05, 4.69) is 264 Å². The second kappa shape index (κ2) is 15.8. The van der Waals surface area contributed by atoms with Crippen LogP contribution in [0.1, 0.15) is 0 Å². The third-order valence-corrected chi connectivity index (χ3v) is 12.8. The highest BCUT2D eigenvalue weighted by Crippen LogP contribution is 2.45. The highest BCUT2D eigenvalue weighted by Gasteiger charge is 2.18. The Kier molecular flexibility index (Phi) is 9.20. The molecule has 64 heavy (non-hydrogen) atoms. The predicted molar refractivity (Wildman–Crippen MR) is 272 cm³/mol. The minimum Gasteiger partial charge on any atom is -0.311 e. The van der Waals surface area contributed by atoms with Crippen molar-refractivity contribution in [3.05, 3.63) is 255 Å². The van der Waals surface area contributed by atoms with Crippen LogP contribution in [0, 0.1) is 0 Å². The summed E-state index contributed by atoms with van der Waals surface area (Å²) in [5, 5.41) is 7.55. The molecule has 12 aromatic rings. The van der Waals surface area contributed by atoms with Gasteiger partial charge >= 0.3 is 0 Å². The number of fused-ring (bicyclic) bond motifs is 5. The maximum atomic E-state index is 2.37. The molecule has 300 valence electrons. The lowest BCUT2D eigenvalue weighted by Crippen LogP contribution is -2.10. The molecule has 2 heteroatoms. The fourth-order valence-electron chi connectivity index (χ4n) is 9.82. The van der Waals surface area contributed by atoms with Crippen LogP contribution in [0.25, 0.3) is 93.5 Å². The molecule has 0 aliphatic rings. The smallest absolute Gasteiger partial charge is 0.0541 e. The van der Waals surface area contributed by atoms with Gasteiger partial charge in [0.2, 0.25) is 0 Å². The Balaban J connectivity index is 0.878. The summed E-state index contributed by atoms with van der Waals surface area (Å²) in [5.41, 5.74) is 16.6. The van der Waals surface area contributed by atoms with Crippen molar-refractivity contribution in [1.82, 2.24) is 4.57 Å². The van der Waals surface area contributed by atoms with E-state index < -0.39 is 0 Å². The van der Waals surface area contributed by atoms with Crippen LogP contribution in [0.4, 0.5) is 17.1 Å². The Hall–Kier alpha value is -8.46. The van der Waals surface area contributed by atoms with Crippen LogP contribution in [-0.2, 0) is 0 Å². The van der Waals surface area contributed by atoms with Crippen LogP contribution < -0.4 is 4.90 Å². The monoisotopic (exact) mass is 814 g/mol. The fraction of sp³-hybridized carbons (Fsp3) is 0. The van der Waals surface area contributed by atoms with Gasteiger partial charge in [0.05, 0.1) is 11.0 Å². The summed E-state index contributed by atoms with van der Waals surface area (Å²) in [4.78, 5) is 2.33. The molecule has 2 nitrogen and oxygen atoms in total. The molecule has 0 radical (unpaired) electrons. The molecule has 12 rings (SSSR count). The lowest BCUT2D eigenvalue weighted by Gasteiger charge is -2.26. The normalized spacial score (nSPS) is 11.4. The molecule has 0 amide bonds. The summed E-state index contributed by atoms with van der Waals surface area (Å²) in [7, 11) is 0. The van der Waals surface area contributed by atoms with Crippen molar-refractivity contribution in [3.63, 3.8) is 0 Å². The minimum atomic E-state index is 1.10. The van der Waals surface area contributed by atoms with E-state index in [0.29, 0.717) is 0 Å². The highest BCUT2D eigenvalue weighted by atomic mass is 15.1. The van der Waals surface area contributed by atoms with E-state index in [4.69, 9.17) is 0 Å². The molecule has 11 aromatic carbocycles. The van der Waals surface area contributed by atoms with Crippen LogP contribution in [0.3, 0.4) is 0 Å². The lowest BCUT2D eigenvalue weighted by molar-refractivity contribution is 1.17. The van der Waals surface area contributed by atoms with Crippen molar-refractivity contribution in [1.29, 1.82) is 0 Å². The van der Waals surface area contributed by atoms with Gasteiger partial charge in [0, 0.05) is 33.5 Å². The maximum absolute atomic E-state index is 2.37. The van der Waals surface area contributed by atoms with Crippen LogP contribution >= 0.6 is 0 Å². The highest BCUT2D eigenvalue weighted by molar-refractivity contribution is 6.21. The quantitative estimate of drug-likeness (QED) is 0.139. The average Bonchev–Trinajstić information content (AvgIpc) is 3.71. The first-order valence-corrected chi connectivity index (χ1v) is 22.0. The van der Waals surface area contributed by atoms with E-state index in [1.807, 2.05) is 0 Å². The molecule has 0 fully saturated rings. The van der Waals surface area contributed by atoms with Crippen LogP contribution in [0.15, 0.2) is 255 Å². The topological polar surface area (TPSA) is 8.17 Å².